The summed E-state index contributed by atoms with van der Waals surface area (Å²) >= 11 is 0. The Bertz CT molecular complexity index is 416. The molecule has 0 saturated heterocycles. The smallest absolute Gasteiger partial charge is 0.141 e. The van der Waals surface area contributed by atoms with Gasteiger partial charge >= 0.3 is 0 Å². The average Bonchev–Trinajstić information content (AvgIpc) is 3.01. The number of nitriles is 1. The van der Waals surface area contributed by atoms with E-state index in [1.165, 1.54) is 0 Å². The highest BCUT2D eigenvalue weighted by Gasteiger charge is 2.24. The molecule has 0 N–H and O–H groups in total. The molecule has 0 spiro atoms. The van der Waals surface area contributed by atoms with Gasteiger partial charge in [-0.1, -0.05) is 0 Å². The third kappa shape index (κ3) is 2.66. The molecule has 0 atom stereocenters. The molecule has 0 radical (unpaired) electrons. The molecule has 3 nitrogen and oxygen atoms in total. The molecule has 1 fully saturated rings. The van der Waals surface area contributed by atoms with Gasteiger partial charge in [-0.15, -0.1) is 0 Å². The number of ether oxygens (including phenoxy) is 2. The Morgan fingerprint density at radius 1 is 1.38 bits per heavy atom. The van der Waals surface area contributed by atoms with Gasteiger partial charge in [0, 0.05) is 6.07 Å². The maximum absolute atomic E-state index is 8.95. The topological polar surface area (TPSA) is 42.2 Å². The molecule has 0 bridgehead atoms. The van der Waals surface area contributed by atoms with Gasteiger partial charge < -0.3 is 9.47 Å². The third-order valence-electron chi connectivity index (χ3n) is 2.26. The summed E-state index contributed by atoms with van der Waals surface area (Å²) in [6, 6.07) is 7.48. The number of rotatable bonds is 4. The SMILES string of the molecule is CC(C)Oc1ccc(C#N)c(OC2CC2)c1. The standard InChI is InChI=1S/C13H15NO2/c1-9(2)15-12-4-3-10(8-14)13(7-12)16-11-5-6-11/h3-4,7,9,11H,5-6H2,1-2H3. The monoisotopic (exact) mass is 217 g/mol. The van der Waals surface area contributed by atoms with Crippen LogP contribution in [0, 0.1) is 11.3 Å². The molecule has 0 unspecified atom stereocenters. The average molecular weight is 217 g/mol. The van der Waals surface area contributed by atoms with Crippen LogP contribution in [0.1, 0.15) is 32.3 Å². The fourth-order valence-electron chi connectivity index (χ4n) is 1.40. The number of nitrogens with zero attached hydrogens (tertiary/aromatic N) is 1. The molecular weight excluding hydrogens is 202 g/mol. The van der Waals surface area contributed by atoms with Gasteiger partial charge in [-0.3, -0.25) is 0 Å². The highest BCUT2D eigenvalue weighted by molar-refractivity contribution is 5.47. The quantitative estimate of drug-likeness (QED) is 0.778. The molecule has 16 heavy (non-hydrogen) atoms. The lowest BCUT2D eigenvalue weighted by Crippen LogP contribution is -2.06. The van der Waals surface area contributed by atoms with Crippen LogP contribution in [-0.2, 0) is 0 Å². The van der Waals surface area contributed by atoms with Crippen molar-refractivity contribution >= 4 is 0 Å². The summed E-state index contributed by atoms with van der Waals surface area (Å²) in [5, 5.41) is 8.95. The first-order chi connectivity index (χ1) is 7.69. The molecule has 1 aliphatic carbocycles. The summed E-state index contributed by atoms with van der Waals surface area (Å²) in [4.78, 5) is 0. The molecule has 1 aromatic carbocycles. The predicted octanol–water partition coefficient (Wildman–Crippen LogP) is 2.89. The number of hydrogen-bond acceptors (Lipinski definition) is 3. The zero-order chi connectivity index (χ0) is 11.5. The van der Waals surface area contributed by atoms with E-state index in [4.69, 9.17) is 14.7 Å². The normalized spacial score (nSPS) is 14.6. The Labute approximate surface area is 95.6 Å². The van der Waals surface area contributed by atoms with E-state index in [0.717, 1.165) is 18.6 Å². The lowest BCUT2D eigenvalue weighted by molar-refractivity contribution is 0.239. The van der Waals surface area contributed by atoms with Crippen molar-refractivity contribution in [3.63, 3.8) is 0 Å². The molecule has 0 amide bonds. The van der Waals surface area contributed by atoms with Crippen LogP contribution in [0.2, 0.25) is 0 Å². The van der Waals surface area contributed by atoms with Crippen LogP contribution in [0.4, 0.5) is 0 Å². The molecule has 1 aliphatic rings. The van der Waals surface area contributed by atoms with Crippen LogP contribution in [0.15, 0.2) is 18.2 Å². The number of hydrogen-bond donors (Lipinski definition) is 0. The first-order valence-electron chi connectivity index (χ1n) is 5.56. The maximum atomic E-state index is 8.95. The van der Waals surface area contributed by atoms with E-state index in [0.29, 0.717) is 17.4 Å². The zero-order valence-corrected chi connectivity index (χ0v) is 9.56. The van der Waals surface area contributed by atoms with Gasteiger partial charge in [-0.25, -0.2) is 0 Å². The van der Waals surface area contributed by atoms with Crippen molar-refractivity contribution in [2.75, 3.05) is 0 Å². The van der Waals surface area contributed by atoms with E-state index in [1.807, 2.05) is 13.8 Å². The van der Waals surface area contributed by atoms with Crippen molar-refractivity contribution in [1.82, 2.24) is 0 Å². The Kier molecular flexibility index (Phi) is 3.00. The van der Waals surface area contributed by atoms with Crippen molar-refractivity contribution in [3.05, 3.63) is 23.8 Å². The second kappa shape index (κ2) is 4.44. The molecule has 0 aromatic heterocycles. The fraction of sp³-hybridized carbons (Fsp3) is 0.462. The van der Waals surface area contributed by atoms with Crippen molar-refractivity contribution < 1.29 is 9.47 Å². The highest BCUT2D eigenvalue weighted by atomic mass is 16.5. The van der Waals surface area contributed by atoms with Gasteiger partial charge in [-0.05, 0) is 38.8 Å². The summed E-state index contributed by atoms with van der Waals surface area (Å²) in [6.07, 6.45) is 2.59. The Hall–Kier alpha value is -1.69. The van der Waals surface area contributed by atoms with E-state index >= 15 is 0 Å². The minimum atomic E-state index is 0.127. The zero-order valence-electron chi connectivity index (χ0n) is 9.56. The summed E-state index contributed by atoms with van der Waals surface area (Å²) in [7, 11) is 0. The molecule has 1 saturated carbocycles. The second-order valence-electron chi connectivity index (χ2n) is 4.25. The van der Waals surface area contributed by atoms with Crippen LogP contribution in [0.25, 0.3) is 0 Å². The highest BCUT2D eigenvalue weighted by Crippen LogP contribution is 2.31. The molecular formula is C13H15NO2. The van der Waals surface area contributed by atoms with Crippen LogP contribution >= 0.6 is 0 Å². The molecule has 1 aromatic rings. The van der Waals surface area contributed by atoms with Crippen LogP contribution in [-0.4, -0.2) is 12.2 Å². The summed E-state index contributed by atoms with van der Waals surface area (Å²) in [5.74, 6) is 1.40. The third-order valence-corrected chi connectivity index (χ3v) is 2.26. The summed E-state index contributed by atoms with van der Waals surface area (Å²) in [6.45, 7) is 3.94. The van der Waals surface area contributed by atoms with Crippen LogP contribution in [0.5, 0.6) is 11.5 Å². The summed E-state index contributed by atoms with van der Waals surface area (Å²) in [5.41, 5.74) is 0.572. The summed E-state index contributed by atoms with van der Waals surface area (Å²) < 4.78 is 11.2. The maximum Gasteiger partial charge on any atom is 0.141 e. The minimum absolute atomic E-state index is 0.127. The Morgan fingerprint density at radius 2 is 2.12 bits per heavy atom. The molecule has 84 valence electrons. The van der Waals surface area contributed by atoms with Gasteiger partial charge in [0.25, 0.3) is 0 Å². The van der Waals surface area contributed by atoms with Crippen molar-refractivity contribution in [3.8, 4) is 17.6 Å². The van der Waals surface area contributed by atoms with Gasteiger partial charge in [-0.2, -0.15) is 5.26 Å². The lowest BCUT2D eigenvalue weighted by Gasteiger charge is -2.12. The Morgan fingerprint density at radius 3 is 2.69 bits per heavy atom. The van der Waals surface area contributed by atoms with E-state index in [9.17, 15) is 0 Å². The van der Waals surface area contributed by atoms with E-state index < -0.39 is 0 Å². The van der Waals surface area contributed by atoms with Crippen LogP contribution < -0.4 is 9.47 Å². The predicted molar refractivity (Wildman–Crippen MR) is 60.6 cm³/mol. The van der Waals surface area contributed by atoms with Gasteiger partial charge in [0.05, 0.1) is 17.8 Å². The lowest BCUT2D eigenvalue weighted by atomic mass is 10.2. The van der Waals surface area contributed by atoms with Crippen LogP contribution in [0.3, 0.4) is 0 Å². The minimum Gasteiger partial charge on any atom is -0.491 e. The number of benzene rings is 1. The first kappa shape index (κ1) is 10.8. The van der Waals surface area contributed by atoms with Gasteiger partial charge in [0.1, 0.15) is 17.6 Å². The van der Waals surface area contributed by atoms with Crippen molar-refractivity contribution in [2.24, 2.45) is 0 Å². The van der Waals surface area contributed by atoms with Gasteiger partial charge in [0.15, 0.2) is 0 Å². The Balaban J connectivity index is 2.20. The first-order valence-corrected chi connectivity index (χ1v) is 5.56. The molecule has 3 heteroatoms. The largest absolute Gasteiger partial charge is 0.491 e. The second-order valence-corrected chi connectivity index (χ2v) is 4.25. The van der Waals surface area contributed by atoms with Crippen molar-refractivity contribution in [2.45, 2.75) is 38.9 Å². The molecule has 2 rings (SSSR count). The van der Waals surface area contributed by atoms with E-state index in [2.05, 4.69) is 6.07 Å². The van der Waals surface area contributed by atoms with Crippen molar-refractivity contribution in [1.29, 1.82) is 5.26 Å². The van der Waals surface area contributed by atoms with E-state index in [1.54, 1.807) is 18.2 Å². The molecule has 0 aliphatic heterocycles. The fourth-order valence-corrected chi connectivity index (χ4v) is 1.40. The van der Waals surface area contributed by atoms with E-state index in [-0.39, 0.29) is 6.10 Å². The molecule has 0 heterocycles. The van der Waals surface area contributed by atoms with Gasteiger partial charge in [0.2, 0.25) is 0 Å².